The van der Waals surface area contributed by atoms with E-state index in [2.05, 4.69) is 28.6 Å². The number of carbonyl (C=O) groups excluding carboxylic acids is 1. The number of methoxy groups -OCH3 is 1. The summed E-state index contributed by atoms with van der Waals surface area (Å²) in [5.41, 5.74) is 13.2. The number of nitrogens with zero attached hydrogens (tertiary/aromatic N) is 2. The van der Waals surface area contributed by atoms with Gasteiger partial charge in [-0.15, -0.1) is 0 Å². The number of carbonyl (C=O) groups is 1. The van der Waals surface area contributed by atoms with Crippen molar-refractivity contribution >= 4 is 33.7 Å². The fourth-order valence-corrected chi connectivity index (χ4v) is 3.28. The first kappa shape index (κ1) is 17.0. The third-order valence-corrected chi connectivity index (χ3v) is 4.38. The zero-order chi connectivity index (χ0) is 18.0. The molecule has 0 radical (unpaired) electrons. The van der Waals surface area contributed by atoms with Crippen LogP contribution in [0.5, 0.6) is 0 Å². The molecule has 2 aromatic carbocycles. The number of rotatable bonds is 5. The van der Waals surface area contributed by atoms with Gasteiger partial charge >= 0.3 is 0 Å². The van der Waals surface area contributed by atoms with Crippen molar-refractivity contribution in [2.45, 2.75) is 19.4 Å². The highest BCUT2D eigenvalue weighted by Crippen LogP contribution is 2.33. The molecule has 1 aromatic heterocycles. The fraction of sp³-hybridized carbons (Fsp3) is 0.263. The smallest absolute Gasteiger partial charge is 0.280 e. The molecule has 3 rings (SSSR count). The molecule has 6 heteroatoms. The lowest BCUT2D eigenvalue weighted by atomic mass is 10.1. The molecule has 1 unspecified atom stereocenters. The number of amides is 1. The van der Waals surface area contributed by atoms with E-state index in [-0.39, 0.29) is 12.0 Å². The quantitative estimate of drug-likeness (QED) is 0.552. The zero-order valence-electron chi connectivity index (χ0n) is 14.4. The minimum atomic E-state index is -0.446. The molecular formula is C19H22N4O2. The fourth-order valence-electron chi connectivity index (χ4n) is 3.28. The third-order valence-electron chi connectivity index (χ3n) is 4.38. The number of benzene rings is 2. The van der Waals surface area contributed by atoms with Gasteiger partial charge in [-0.2, -0.15) is 4.99 Å². The summed E-state index contributed by atoms with van der Waals surface area (Å²) < 4.78 is 7.64. The van der Waals surface area contributed by atoms with Crippen LogP contribution in [0.15, 0.2) is 47.5 Å². The summed E-state index contributed by atoms with van der Waals surface area (Å²) in [5, 5.41) is 2.24. The Balaban J connectivity index is 2.29. The highest BCUT2D eigenvalue weighted by Gasteiger charge is 2.18. The Morgan fingerprint density at radius 1 is 1.16 bits per heavy atom. The highest BCUT2D eigenvalue weighted by molar-refractivity contribution is 6.11. The average Bonchev–Trinajstić information content (AvgIpc) is 2.93. The molecule has 6 nitrogen and oxygen atoms in total. The summed E-state index contributed by atoms with van der Waals surface area (Å²) in [5.74, 6) is -0.685. The first-order chi connectivity index (χ1) is 12.1. The summed E-state index contributed by atoms with van der Waals surface area (Å²) in [7, 11) is 1.70. The average molecular weight is 338 g/mol. The molecule has 0 bridgehead atoms. The summed E-state index contributed by atoms with van der Waals surface area (Å²) in [6.07, 6.45) is 0.910. The van der Waals surface area contributed by atoms with Gasteiger partial charge < -0.3 is 20.8 Å². The molecule has 0 saturated carbocycles. The van der Waals surface area contributed by atoms with E-state index in [1.54, 1.807) is 13.2 Å². The van der Waals surface area contributed by atoms with E-state index in [1.807, 2.05) is 24.3 Å². The zero-order valence-corrected chi connectivity index (χ0v) is 14.4. The molecule has 0 aliphatic heterocycles. The van der Waals surface area contributed by atoms with E-state index in [1.165, 1.54) is 0 Å². The second kappa shape index (κ2) is 6.94. The van der Waals surface area contributed by atoms with Crippen molar-refractivity contribution in [3.63, 3.8) is 0 Å². The van der Waals surface area contributed by atoms with Crippen LogP contribution < -0.4 is 11.5 Å². The molecule has 1 atom stereocenters. The first-order valence-corrected chi connectivity index (χ1v) is 8.22. The Kier molecular flexibility index (Phi) is 4.72. The molecule has 0 aliphatic carbocycles. The van der Waals surface area contributed by atoms with Crippen LogP contribution in [0.1, 0.15) is 29.7 Å². The van der Waals surface area contributed by atoms with E-state index >= 15 is 0 Å². The van der Waals surface area contributed by atoms with E-state index in [4.69, 9.17) is 16.2 Å². The maximum Gasteiger partial charge on any atom is 0.280 e. The van der Waals surface area contributed by atoms with Crippen molar-refractivity contribution in [1.82, 2.24) is 4.57 Å². The van der Waals surface area contributed by atoms with Crippen molar-refractivity contribution in [3.05, 3.63) is 48.0 Å². The second-order valence-corrected chi connectivity index (χ2v) is 5.98. The van der Waals surface area contributed by atoms with Gasteiger partial charge in [0.2, 0.25) is 0 Å². The number of aliphatic imine (C=N–C) groups is 1. The first-order valence-electron chi connectivity index (χ1n) is 8.22. The summed E-state index contributed by atoms with van der Waals surface area (Å²) in [6, 6.07) is 13.9. The van der Waals surface area contributed by atoms with E-state index in [0.29, 0.717) is 12.2 Å². The SMILES string of the molecule is CCC(COC)n1c2ccccc2c2ccc(C(=O)N=C(N)N)cc21. The number of nitrogens with two attached hydrogens (primary N) is 2. The van der Waals surface area contributed by atoms with Gasteiger partial charge in [-0.25, -0.2) is 0 Å². The second-order valence-electron chi connectivity index (χ2n) is 5.98. The lowest BCUT2D eigenvalue weighted by Gasteiger charge is -2.19. The normalized spacial score (nSPS) is 12.4. The Morgan fingerprint density at radius 2 is 1.88 bits per heavy atom. The number of hydrogen-bond acceptors (Lipinski definition) is 2. The molecule has 3 aromatic rings. The molecule has 0 aliphatic rings. The van der Waals surface area contributed by atoms with Crippen LogP contribution in [0.2, 0.25) is 0 Å². The molecule has 0 spiro atoms. The molecule has 0 fully saturated rings. The highest BCUT2D eigenvalue weighted by atomic mass is 16.5. The number of guanidine groups is 1. The lowest BCUT2D eigenvalue weighted by molar-refractivity contribution is 0.100. The minimum absolute atomic E-state index is 0.167. The van der Waals surface area contributed by atoms with Crippen LogP contribution in [0.3, 0.4) is 0 Å². The maximum atomic E-state index is 12.2. The van der Waals surface area contributed by atoms with E-state index in [0.717, 1.165) is 28.2 Å². The molecular weight excluding hydrogens is 316 g/mol. The lowest BCUT2D eigenvalue weighted by Crippen LogP contribution is -2.24. The Labute approximate surface area is 146 Å². The van der Waals surface area contributed by atoms with Crippen LogP contribution in [-0.2, 0) is 4.74 Å². The van der Waals surface area contributed by atoms with Crippen LogP contribution in [0.25, 0.3) is 21.8 Å². The summed E-state index contributed by atoms with van der Waals surface area (Å²) in [4.78, 5) is 15.8. The van der Waals surface area contributed by atoms with Gasteiger partial charge in [0.15, 0.2) is 5.96 Å². The van der Waals surface area contributed by atoms with Crippen molar-refractivity contribution in [1.29, 1.82) is 0 Å². The summed E-state index contributed by atoms with van der Waals surface area (Å²) in [6.45, 7) is 2.72. The van der Waals surface area contributed by atoms with Gasteiger partial charge in [-0.1, -0.05) is 31.2 Å². The molecule has 4 N–H and O–H groups in total. The molecule has 1 heterocycles. The van der Waals surface area contributed by atoms with Gasteiger partial charge in [0.05, 0.1) is 18.2 Å². The van der Waals surface area contributed by atoms with Crippen molar-refractivity contribution in [3.8, 4) is 0 Å². The monoisotopic (exact) mass is 338 g/mol. The minimum Gasteiger partial charge on any atom is -0.383 e. The largest absolute Gasteiger partial charge is 0.383 e. The maximum absolute atomic E-state index is 12.2. The molecule has 1 amide bonds. The molecule has 25 heavy (non-hydrogen) atoms. The molecule has 130 valence electrons. The standard InChI is InChI=1S/C19H22N4O2/c1-3-13(11-25-2)23-16-7-5-4-6-14(16)15-9-8-12(10-17(15)23)18(24)22-19(20)21/h4-10,13H,3,11H2,1-2H3,(H4,20,21,22,24). The third kappa shape index (κ3) is 3.08. The van der Waals surface area contributed by atoms with Gasteiger partial charge in [-0.3, -0.25) is 4.79 Å². The van der Waals surface area contributed by atoms with Crippen LogP contribution in [0.4, 0.5) is 0 Å². The Morgan fingerprint density at radius 3 is 2.56 bits per heavy atom. The van der Waals surface area contributed by atoms with Gasteiger partial charge in [0.25, 0.3) is 5.91 Å². The Bertz CT molecular complexity index is 955. The van der Waals surface area contributed by atoms with E-state index < -0.39 is 5.91 Å². The predicted molar refractivity (Wildman–Crippen MR) is 101 cm³/mol. The van der Waals surface area contributed by atoms with Crippen LogP contribution in [-0.4, -0.2) is 30.2 Å². The molecule has 0 saturated heterocycles. The topological polar surface area (TPSA) is 95.6 Å². The van der Waals surface area contributed by atoms with E-state index in [9.17, 15) is 4.79 Å². The van der Waals surface area contributed by atoms with Crippen molar-refractivity contribution in [2.24, 2.45) is 16.5 Å². The van der Waals surface area contributed by atoms with Crippen molar-refractivity contribution < 1.29 is 9.53 Å². The summed E-state index contributed by atoms with van der Waals surface area (Å²) >= 11 is 0. The number of fused-ring (bicyclic) bond motifs is 3. The number of aromatic nitrogens is 1. The predicted octanol–water partition coefficient (Wildman–Crippen LogP) is 2.81. The number of ether oxygens (including phenoxy) is 1. The Hall–Kier alpha value is -2.86. The van der Waals surface area contributed by atoms with Crippen LogP contribution >= 0.6 is 0 Å². The van der Waals surface area contributed by atoms with Gasteiger partial charge in [0, 0.05) is 29.0 Å². The van der Waals surface area contributed by atoms with Crippen molar-refractivity contribution in [2.75, 3.05) is 13.7 Å². The number of para-hydroxylation sites is 1. The van der Waals surface area contributed by atoms with Gasteiger partial charge in [0.1, 0.15) is 0 Å². The number of hydrogen-bond donors (Lipinski definition) is 2. The van der Waals surface area contributed by atoms with Crippen LogP contribution in [0, 0.1) is 0 Å². The van der Waals surface area contributed by atoms with Gasteiger partial charge in [-0.05, 0) is 24.6 Å².